The topological polar surface area (TPSA) is 74.7 Å². The Morgan fingerprint density at radius 1 is 1.39 bits per heavy atom. The van der Waals surface area contributed by atoms with Crippen molar-refractivity contribution in [3.05, 3.63) is 45.9 Å². The molecule has 18 heavy (non-hydrogen) atoms. The summed E-state index contributed by atoms with van der Waals surface area (Å²) in [5, 5.41) is 8.99. The number of nitrogen functional groups attached to an aromatic ring is 1. The molecule has 1 aromatic carbocycles. The van der Waals surface area contributed by atoms with Crippen molar-refractivity contribution < 1.29 is 0 Å². The second-order valence-corrected chi connectivity index (χ2v) is 4.73. The molecule has 0 atom stereocenters. The molecule has 0 saturated heterocycles. The Morgan fingerprint density at radius 2 is 2.17 bits per heavy atom. The van der Waals surface area contributed by atoms with Crippen molar-refractivity contribution in [3.8, 4) is 17.3 Å². The second kappa shape index (κ2) is 5.17. The third-order valence-electron chi connectivity index (χ3n) is 2.57. The zero-order valence-electron chi connectivity index (χ0n) is 9.74. The molecule has 4 nitrogen and oxygen atoms in total. The summed E-state index contributed by atoms with van der Waals surface area (Å²) in [6, 6.07) is 11.7. The highest BCUT2D eigenvalue weighted by molar-refractivity contribution is 9.10. The third kappa shape index (κ3) is 2.35. The normalized spacial score (nSPS) is 9.89. The molecule has 0 aliphatic rings. The largest absolute Gasteiger partial charge is 0.307 e. The number of nitrogens with two attached hydrogens (primary N) is 1. The summed E-state index contributed by atoms with van der Waals surface area (Å²) in [7, 11) is 0. The quantitative estimate of drug-likeness (QED) is 0.660. The van der Waals surface area contributed by atoms with Crippen LogP contribution in [-0.2, 0) is 0 Å². The minimum absolute atomic E-state index is 0.387. The molecule has 1 aromatic heterocycles. The summed E-state index contributed by atoms with van der Waals surface area (Å²) in [6.07, 6.45) is 0. The van der Waals surface area contributed by atoms with Crippen LogP contribution in [0, 0.1) is 18.3 Å². The van der Waals surface area contributed by atoms with E-state index in [1.54, 1.807) is 6.07 Å². The van der Waals surface area contributed by atoms with E-state index in [1.165, 1.54) is 0 Å². The molecule has 2 rings (SSSR count). The predicted molar refractivity (Wildman–Crippen MR) is 74.6 cm³/mol. The van der Waals surface area contributed by atoms with Gasteiger partial charge in [-0.25, -0.2) is 10.8 Å². The van der Waals surface area contributed by atoms with Crippen LogP contribution in [0.1, 0.15) is 11.1 Å². The van der Waals surface area contributed by atoms with Gasteiger partial charge in [-0.1, -0.05) is 28.1 Å². The second-order valence-electron chi connectivity index (χ2n) is 3.82. The van der Waals surface area contributed by atoms with Crippen LogP contribution in [0.4, 0.5) is 5.82 Å². The minimum atomic E-state index is 0.387. The minimum Gasteiger partial charge on any atom is -0.307 e. The molecule has 90 valence electrons. The summed E-state index contributed by atoms with van der Waals surface area (Å²) in [5.74, 6) is 5.77. The Bertz CT molecular complexity index is 631. The molecule has 0 radical (unpaired) electrons. The number of aromatic nitrogens is 1. The number of halogens is 1. The molecule has 1 heterocycles. The number of hydrazine groups is 1. The fourth-order valence-corrected chi connectivity index (χ4v) is 2.14. The molecule has 3 N–H and O–H groups in total. The first-order valence-electron chi connectivity index (χ1n) is 5.30. The molecular formula is C13H11BrN4. The highest BCUT2D eigenvalue weighted by Gasteiger charge is 2.10. The van der Waals surface area contributed by atoms with Gasteiger partial charge in [-0.3, -0.25) is 0 Å². The standard InChI is InChI=1S/C13H11BrN4/c1-8-5-10(7-15)13(18-16)17-12(8)9-3-2-4-11(14)6-9/h2-6H,16H2,1H3,(H,17,18). The predicted octanol–water partition coefficient (Wildman–Crippen LogP) is 2.98. The van der Waals surface area contributed by atoms with Gasteiger partial charge in [0.1, 0.15) is 6.07 Å². The number of pyridine rings is 1. The number of hydrogen-bond acceptors (Lipinski definition) is 4. The fraction of sp³-hybridized carbons (Fsp3) is 0.0769. The first-order valence-corrected chi connectivity index (χ1v) is 6.09. The number of nitriles is 1. The van der Waals surface area contributed by atoms with Gasteiger partial charge < -0.3 is 5.43 Å². The van der Waals surface area contributed by atoms with Crippen molar-refractivity contribution in [2.45, 2.75) is 6.92 Å². The Hall–Kier alpha value is -1.90. The van der Waals surface area contributed by atoms with Crippen molar-refractivity contribution in [2.24, 2.45) is 5.84 Å². The first kappa shape index (κ1) is 12.6. The highest BCUT2D eigenvalue weighted by Crippen LogP contribution is 2.27. The van der Waals surface area contributed by atoms with Crippen LogP contribution in [-0.4, -0.2) is 4.98 Å². The van der Waals surface area contributed by atoms with Crippen molar-refractivity contribution in [1.29, 1.82) is 5.26 Å². The third-order valence-corrected chi connectivity index (χ3v) is 3.06. The van der Waals surface area contributed by atoms with Crippen molar-refractivity contribution in [1.82, 2.24) is 4.98 Å². The van der Waals surface area contributed by atoms with Gasteiger partial charge in [-0.2, -0.15) is 5.26 Å². The monoisotopic (exact) mass is 302 g/mol. The van der Waals surface area contributed by atoms with Gasteiger partial charge in [-0.15, -0.1) is 0 Å². The average molecular weight is 303 g/mol. The first-order chi connectivity index (χ1) is 8.65. The average Bonchev–Trinajstić information content (AvgIpc) is 2.38. The molecule has 0 fully saturated rings. The van der Waals surface area contributed by atoms with Crippen molar-refractivity contribution in [3.63, 3.8) is 0 Å². The van der Waals surface area contributed by atoms with E-state index in [4.69, 9.17) is 11.1 Å². The zero-order valence-corrected chi connectivity index (χ0v) is 11.3. The van der Waals surface area contributed by atoms with E-state index in [2.05, 4.69) is 32.4 Å². The van der Waals surface area contributed by atoms with E-state index in [-0.39, 0.29) is 0 Å². The summed E-state index contributed by atoms with van der Waals surface area (Å²) in [4.78, 5) is 4.39. The highest BCUT2D eigenvalue weighted by atomic mass is 79.9. The smallest absolute Gasteiger partial charge is 0.158 e. The summed E-state index contributed by atoms with van der Waals surface area (Å²) in [5.41, 5.74) is 5.61. The molecular weight excluding hydrogens is 292 g/mol. The van der Waals surface area contributed by atoms with Crippen LogP contribution in [0.3, 0.4) is 0 Å². The number of aryl methyl sites for hydroxylation is 1. The van der Waals surface area contributed by atoms with E-state index in [0.717, 1.165) is 21.3 Å². The van der Waals surface area contributed by atoms with Crippen LogP contribution in [0.5, 0.6) is 0 Å². The Labute approximate surface area is 114 Å². The molecule has 0 unspecified atom stereocenters. The van der Waals surface area contributed by atoms with Crippen LogP contribution < -0.4 is 11.3 Å². The molecule has 0 aliphatic heterocycles. The van der Waals surface area contributed by atoms with E-state index < -0.39 is 0 Å². The molecule has 0 amide bonds. The van der Waals surface area contributed by atoms with Crippen molar-refractivity contribution in [2.75, 3.05) is 5.43 Å². The summed E-state index contributed by atoms with van der Waals surface area (Å²) >= 11 is 3.43. The number of anilines is 1. The van der Waals surface area contributed by atoms with Crippen LogP contribution >= 0.6 is 15.9 Å². The Balaban J connectivity index is 2.62. The summed E-state index contributed by atoms with van der Waals surface area (Å²) in [6.45, 7) is 1.92. The maximum atomic E-state index is 8.99. The van der Waals surface area contributed by atoms with Gasteiger partial charge in [0.25, 0.3) is 0 Å². The van der Waals surface area contributed by atoms with Gasteiger partial charge in [0.2, 0.25) is 0 Å². The number of hydrogen-bond donors (Lipinski definition) is 2. The van der Waals surface area contributed by atoms with Gasteiger partial charge in [0.15, 0.2) is 5.82 Å². The molecule has 5 heteroatoms. The van der Waals surface area contributed by atoms with Crippen LogP contribution in [0.2, 0.25) is 0 Å². The lowest BCUT2D eigenvalue weighted by Crippen LogP contribution is -2.11. The van der Waals surface area contributed by atoms with E-state index in [1.807, 2.05) is 31.2 Å². The number of nitrogens with one attached hydrogen (secondary N) is 1. The van der Waals surface area contributed by atoms with Crippen molar-refractivity contribution >= 4 is 21.7 Å². The van der Waals surface area contributed by atoms with E-state index in [9.17, 15) is 0 Å². The Morgan fingerprint density at radius 3 is 2.78 bits per heavy atom. The fourth-order valence-electron chi connectivity index (χ4n) is 1.74. The van der Waals surface area contributed by atoms with Gasteiger partial charge >= 0.3 is 0 Å². The van der Waals surface area contributed by atoms with Crippen LogP contribution in [0.25, 0.3) is 11.3 Å². The lowest BCUT2D eigenvalue weighted by molar-refractivity contribution is 1.19. The molecule has 0 bridgehead atoms. The maximum absolute atomic E-state index is 8.99. The summed E-state index contributed by atoms with van der Waals surface area (Å²) < 4.78 is 0.979. The van der Waals surface area contributed by atoms with Gasteiger partial charge in [-0.05, 0) is 30.7 Å². The SMILES string of the molecule is Cc1cc(C#N)c(NN)nc1-c1cccc(Br)c1. The lowest BCUT2D eigenvalue weighted by atomic mass is 10.1. The molecule has 0 saturated carbocycles. The lowest BCUT2D eigenvalue weighted by Gasteiger charge is -2.09. The van der Waals surface area contributed by atoms with Gasteiger partial charge in [0, 0.05) is 10.0 Å². The zero-order chi connectivity index (χ0) is 13.1. The van der Waals surface area contributed by atoms with E-state index >= 15 is 0 Å². The Kier molecular flexibility index (Phi) is 3.60. The van der Waals surface area contributed by atoms with E-state index in [0.29, 0.717) is 11.4 Å². The molecule has 0 spiro atoms. The number of nitrogens with zero attached hydrogens (tertiary/aromatic N) is 2. The number of benzene rings is 1. The molecule has 0 aliphatic carbocycles. The molecule has 2 aromatic rings. The number of rotatable bonds is 2. The van der Waals surface area contributed by atoms with Gasteiger partial charge in [0.05, 0.1) is 11.3 Å². The maximum Gasteiger partial charge on any atom is 0.158 e. The van der Waals surface area contributed by atoms with Crippen LogP contribution in [0.15, 0.2) is 34.8 Å².